The molecule has 1 N–H and O–H groups in total. The van der Waals surface area contributed by atoms with E-state index in [0.717, 1.165) is 38.3 Å². The Hall–Kier alpha value is -1.62. The highest BCUT2D eigenvalue weighted by molar-refractivity contribution is 5.92. The first kappa shape index (κ1) is 17.4. The second-order valence-corrected chi connectivity index (χ2v) is 5.38. The molecule has 1 aromatic rings. The van der Waals surface area contributed by atoms with E-state index in [1.165, 1.54) is 0 Å². The average Bonchev–Trinajstić information content (AvgIpc) is 2.49. The Labute approximate surface area is 128 Å². The molecular weight excluding hydrogens is 264 g/mol. The van der Waals surface area contributed by atoms with Crippen LogP contribution in [0.25, 0.3) is 0 Å². The molecule has 0 aliphatic heterocycles. The molecule has 0 saturated carbocycles. The van der Waals surface area contributed by atoms with Gasteiger partial charge in [-0.3, -0.25) is 4.79 Å². The normalized spacial score (nSPS) is 10.7. The van der Waals surface area contributed by atoms with Crippen molar-refractivity contribution in [1.29, 1.82) is 0 Å². The van der Waals surface area contributed by atoms with E-state index in [0.29, 0.717) is 12.2 Å². The smallest absolute Gasteiger partial charge is 0.272 e. The average molecular weight is 292 g/mol. The van der Waals surface area contributed by atoms with Crippen molar-refractivity contribution in [2.45, 2.75) is 26.7 Å². The Bertz CT molecular complexity index is 434. The number of amides is 1. The zero-order valence-corrected chi connectivity index (χ0v) is 13.7. The lowest BCUT2D eigenvalue weighted by molar-refractivity contribution is 0.0753. The maximum atomic E-state index is 12.5. The molecule has 21 heavy (non-hydrogen) atoms. The molecule has 118 valence electrons. The summed E-state index contributed by atoms with van der Waals surface area (Å²) >= 11 is 0. The second kappa shape index (κ2) is 9.34. The number of aromatic nitrogens is 1. The summed E-state index contributed by atoms with van der Waals surface area (Å²) in [6, 6.07) is 5.56. The highest BCUT2D eigenvalue weighted by Gasteiger charge is 2.15. The SMILES string of the molecule is CCCNc1cccc(C(=O)N(CC)CCCN(C)C)n1. The summed E-state index contributed by atoms with van der Waals surface area (Å²) in [6.07, 6.45) is 2.01. The molecule has 0 aliphatic carbocycles. The fourth-order valence-corrected chi connectivity index (χ4v) is 2.05. The van der Waals surface area contributed by atoms with Crippen LogP contribution in [0.5, 0.6) is 0 Å². The third-order valence-electron chi connectivity index (χ3n) is 3.23. The molecule has 1 rings (SSSR count). The molecule has 0 atom stereocenters. The molecule has 0 saturated heterocycles. The van der Waals surface area contributed by atoms with E-state index in [-0.39, 0.29) is 5.91 Å². The number of nitrogens with zero attached hydrogens (tertiary/aromatic N) is 3. The van der Waals surface area contributed by atoms with Crippen molar-refractivity contribution in [3.63, 3.8) is 0 Å². The highest BCUT2D eigenvalue weighted by atomic mass is 16.2. The van der Waals surface area contributed by atoms with Gasteiger partial charge in [-0.1, -0.05) is 13.0 Å². The maximum absolute atomic E-state index is 12.5. The first-order valence-corrected chi connectivity index (χ1v) is 7.73. The molecule has 1 heterocycles. The lowest BCUT2D eigenvalue weighted by Gasteiger charge is -2.21. The summed E-state index contributed by atoms with van der Waals surface area (Å²) in [5.74, 6) is 0.781. The summed E-state index contributed by atoms with van der Waals surface area (Å²) in [7, 11) is 4.09. The zero-order chi connectivity index (χ0) is 15.7. The van der Waals surface area contributed by atoms with E-state index >= 15 is 0 Å². The highest BCUT2D eigenvalue weighted by Crippen LogP contribution is 2.08. The largest absolute Gasteiger partial charge is 0.370 e. The Kier molecular flexibility index (Phi) is 7.75. The van der Waals surface area contributed by atoms with Gasteiger partial charge in [-0.15, -0.1) is 0 Å². The van der Waals surface area contributed by atoms with Gasteiger partial charge in [0.15, 0.2) is 0 Å². The van der Waals surface area contributed by atoms with Crippen molar-refractivity contribution < 1.29 is 4.79 Å². The summed E-state index contributed by atoms with van der Waals surface area (Å²) in [5, 5.41) is 3.22. The van der Waals surface area contributed by atoms with Crippen LogP contribution in [0, 0.1) is 0 Å². The Morgan fingerprint density at radius 1 is 1.24 bits per heavy atom. The van der Waals surface area contributed by atoms with E-state index in [2.05, 4.69) is 22.1 Å². The van der Waals surface area contributed by atoms with Crippen molar-refractivity contribution in [3.8, 4) is 0 Å². The molecule has 0 fully saturated rings. The van der Waals surface area contributed by atoms with Gasteiger partial charge < -0.3 is 15.1 Å². The van der Waals surface area contributed by atoms with Crippen LogP contribution >= 0.6 is 0 Å². The van der Waals surface area contributed by atoms with Gasteiger partial charge in [-0.25, -0.2) is 4.98 Å². The first-order valence-electron chi connectivity index (χ1n) is 7.73. The number of rotatable bonds is 9. The van der Waals surface area contributed by atoms with Crippen LogP contribution < -0.4 is 5.32 Å². The molecule has 0 unspecified atom stereocenters. The molecule has 5 nitrogen and oxygen atoms in total. The number of hydrogen-bond acceptors (Lipinski definition) is 4. The predicted molar refractivity (Wildman–Crippen MR) is 87.8 cm³/mol. The van der Waals surface area contributed by atoms with E-state index in [9.17, 15) is 4.79 Å². The molecule has 0 radical (unpaired) electrons. The van der Waals surface area contributed by atoms with Gasteiger partial charge >= 0.3 is 0 Å². The van der Waals surface area contributed by atoms with Gasteiger partial charge in [0, 0.05) is 19.6 Å². The lowest BCUT2D eigenvalue weighted by atomic mass is 10.2. The molecule has 1 aromatic heterocycles. The van der Waals surface area contributed by atoms with Crippen molar-refractivity contribution in [2.24, 2.45) is 0 Å². The van der Waals surface area contributed by atoms with Gasteiger partial charge in [-0.2, -0.15) is 0 Å². The quantitative estimate of drug-likeness (QED) is 0.759. The van der Waals surface area contributed by atoms with Crippen molar-refractivity contribution in [2.75, 3.05) is 45.6 Å². The predicted octanol–water partition coefficient (Wildman–Crippen LogP) is 2.32. The number of anilines is 1. The van der Waals surface area contributed by atoms with E-state index in [1.54, 1.807) is 6.07 Å². The summed E-state index contributed by atoms with van der Waals surface area (Å²) in [5.41, 5.74) is 0.516. The topological polar surface area (TPSA) is 48.5 Å². The molecule has 5 heteroatoms. The molecule has 1 amide bonds. The fourth-order valence-electron chi connectivity index (χ4n) is 2.05. The number of carbonyl (C=O) groups excluding carboxylic acids is 1. The standard InChI is InChI=1S/C16H28N4O/c1-5-11-17-15-10-7-9-14(18-15)16(21)20(6-2)13-8-12-19(3)4/h7,9-10H,5-6,8,11-13H2,1-4H3,(H,17,18). The summed E-state index contributed by atoms with van der Waals surface area (Å²) in [4.78, 5) is 20.9. The monoisotopic (exact) mass is 292 g/mol. The Morgan fingerprint density at radius 3 is 2.62 bits per heavy atom. The third kappa shape index (κ3) is 6.12. The van der Waals surface area contributed by atoms with Gasteiger partial charge in [0.25, 0.3) is 5.91 Å². The molecular formula is C16H28N4O. The Morgan fingerprint density at radius 2 is 2.00 bits per heavy atom. The van der Waals surface area contributed by atoms with E-state index in [1.807, 2.05) is 38.1 Å². The Balaban J connectivity index is 2.66. The zero-order valence-electron chi connectivity index (χ0n) is 13.7. The molecule has 0 aliphatic rings. The van der Waals surface area contributed by atoms with Gasteiger partial charge in [-0.05, 0) is 52.5 Å². The summed E-state index contributed by atoms with van der Waals surface area (Å²) < 4.78 is 0. The van der Waals surface area contributed by atoms with Crippen LogP contribution in [-0.2, 0) is 0 Å². The fraction of sp³-hybridized carbons (Fsp3) is 0.625. The van der Waals surface area contributed by atoms with E-state index < -0.39 is 0 Å². The number of hydrogen-bond donors (Lipinski definition) is 1. The first-order chi connectivity index (χ1) is 10.1. The number of nitrogens with one attached hydrogen (secondary N) is 1. The summed E-state index contributed by atoms with van der Waals surface area (Å²) in [6.45, 7) is 7.43. The van der Waals surface area contributed by atoms with Crippen LogP contribution in [0.2, 0.25) is 0 Å². The van der Waals surface area contributed by atoms with Crippen LogP contribution in [0.1, 0.15) is 37.2 Å². The number of carbonyl (C=O) groups is 1. The second-order valence-electron chi connectivity index (χ2n) is 5.38. The van der Waals surface area contributed by atoms with Gasteiger partial charge in [0.05, 0.1) is 0 Å². The molecule has 0 aromatic carbocycles. The van der Waals surface area contributed by atoms with Crippen LogP contribution in [0.3, 0.4) is 0 Å². The van der Waals surface area contributed by atoms with Crippen molar-refractivity contribution >= 4 is 11.7 Å². The minimum absolute atomic E-state index is 0.0106. The molecule has 0 bridgehead atoms. The van der Waals surface area contributed by atoms with Crippen molar-refractivity contribution in [1.82, 2.24) is 14.8 Å². The minimum atomic E-state index is 0.0106. The van der Waals surface area contributed by atoms with Crippen LogP contribution in [0.15, 0.2) is 18.2 Å². The maximum Gasteiger partial charge on any atom is 0.272 e. The third-order valence-corrected chi connectivity index (χ3v) is 3.23. The van der Waals surface area contributed by atoms with Crippen LogP contribution in [0.4, 0.5) is 5.82 Å². The van der Waals surface area contributed by atoms with Crippen molar-refractivity contribution in [3.05, 3.63) is 23.9 Å². The number of pyridine rings is 1. The molecule has 0 spiro atoms. The van der Waals surface area contributed by atoms with Crippen LogP contribution in [-0.4, -0.2) is 61.0 Å². The lowest BCUT2D eigenvalue weighted by Crippen LogP contribution is -2.33. The van der Waals surface area contributed by atoms with Gasteiger partial charge in [0.2, 0.25) is 0 Å². The minimum Gasteiger partial charge on any atom is -0.370 e. The van der Waals surface area contributed by atoms with Gasteiger partial charge in [0.1, 0.15) is 11.5 Å². The van der Waals surface area contributed by atoms with E-state index in [4.69, 9.17) is 0 Å².